The van der Waals surface area contributed by atoms with Crippen LogP contribution in [0.1, 0.15) is 12.0 Å². The van der Waals surface area contributed by atoms with E-state index in [1.165, 1.54) is 41.3 Å². The summed E-state index contributed by atoms with van der Waals surface area (Å²) >= 11 is 5.86. The summed E-state index contributed by atoms with van der Waals surface area (Å²) in [5.41, 5.74) is 1.26. The smallest absolute Gasteiger partial charge is 0.326 e. The molecule has 33 heavy (non-hydrogen) atoms. The summed E-state index contributed by atoms with van der Waals surface area (Å²) in [6.45, 7) is -0.0125. The fourth-order valence-corrected chi connectivity index (χ4v) is 3.67. The number of hydrogen-bond acceptors (Lipinski definition) is 3. The van der Waals surface area contributed by atoms with Gasteiger partial charge >= 0.3 is 6.03 Å². The molecule has 1 saturated heterocycles. The number of urea groups is 1. The zero-order chi connectivity index (χ0) is 23.5. The molecule has 168 valence electrons. The van der Waals surface area contributed by atoms with Crippen molar-refractivity contribution in [2.45, 2.75) is 19.0 Å². The van der Waals surface area contributed by atoms with Crippen molar-refractivity contribution in [3.63, 3.8) is 0 Å². The largest absolute Gasteiger partial charge is 0.332 e. The molecule has 0 unspecified atom stereocenters. The third-order valence-electron chi connectivity index (χ3n) is 5.18. The summed E-state index contributed by atoms with van der Waals surface area (Å²) in [5.74, 6) is -2.04. The Hall–Kier alpha value is -3.78. The Morgan fingerprint density at radius 3 is 2.06 bits per heavy atom. The number of benzene rings is 3. The van der Waals surface area contributed by atoms with Gasteiger partial charge in [-0.3, -0.25) is 9.59 Å². The average Bonchev–Trinajstić information content (AvgIpc) is 3.01. The van der Waals surface area contributed by atoms with Crippen LogP contribution in [0.5, 0.6) is 0 Å². The first-order valence-corrected chi connectivity index (χ1v) is 10.4. The lowest BCUT2D eigenvalue weighted by Crippen LogP contribution is -2.37. The molecule has 4 rings (SSSR count). The highest BCUT2D eigenvalue weighted by Crippen LogP contribution is 2.29. The van der Waals surface area contributed by atoms with Crippen LogP contribution >= 0.6 is 11.6 Å². The molecule has 0 aromatic heterocycles. The lowest BCUT2D eigenvalue weighted by molar-refractivity contribution is -0.124. The van der Waals surface area contributed by atoms with Gasteiger partial charge in [0.1, 0.15) is 17.7 Å². The Labute approximate surface area is 193 Å². The average molecular weight is 470 g/mol. The minimum Gasteiger partial charge on any atom is -0.326 e. The van der Waals surface area contributed by atoms with E-state index in [0.717, 1.165) is 17.0 Å². The fraction of sp³-hybridized carbons (Fsp3) is 0.125. The predicted molar refractivity (Wildman–Crippen MR) is 120 cm³/mol. The standard InChI is InChI=1S/C24H18ClF2N3O3/c25-16-3-9-19(10-4-16)28-22(31)13-21-23(32)30(20-11-7-18(27)8-12-20)24(33)29(21)14-15-1-5-17(26)6-2-15/h1-12,21H,13-14H2,(H,28,31)/t21-/m1/s1. The second kappa shape index (κ2) is 9.38. The molecule has 3 aromatic carbocycles. The van der Waals surface area contributed by atoms with Crippen LogP contribution in [0.4, 0.5) is 25.0 Å². The molecular formula is C24H18ClF2N3O3. The first-order chi connectivity index (χ1) is 15.8. The second-order valence-electron chi connectivity index (χ2n) is 7.46. The molecule has 1 fully saturated rings. The number of hydrogen-bond donors (Lipinski definition) is 1. The Balaban J connectivity index is 1.59. The number of nitrogens with one attached hydrogen (secondary N) is 1. The fourth-order valence-electron chi connectivity index (χ4n) is 3.55. The molecule has 1 atom stereocenters. The maximum Gasteiger partial charge on any atom is 0.332 e. The lowest BCUT2D eigenvalue weighted by Gasteiger charge is -2.21. The summed E-state index contributed by atoms with van der Waals surface area (Å²) in [6, 6.07) is 15.1. The van der Waals surface area contributed by atoms with Crippen molar-refractivity contribution in [2.24, 2.45) is 0 Å². The van der Waals surface area contributed by atoms with Crippen molar-refractivity contribution >= 4 is 40.8 Å². The zero-order valence-corrected chi connectivity index (χ0v) is 17.9. The first kappa shape index (κ1) is 22.4. The summed E-state index contributed by atoms with van der Waals surface area (Å²) in [5, 5.41) is 3.18. The molecule has 0 radical (unpaired) electrons. The van der Waals surface area contributed by atoms with Gasteiger partial charge in [-0.2, -0.15) is 0 Å². The van der Waals surface area contributed by atoms with E-state index in [4.69, 9.17) is 11.6 Å². The van der Waals surface area contributed by atoms with Crippen LogP contribution in [-0.4, -0.2) is 28.8 Å². The van der Waals surface area contributed by atoms with E-state index in [9.17, 15) is 23.2 Å². The van der Waals surface area contributed by atoms with Gasteiger partial charge in [-0.1, -0.05) is 23.7 Å². The normalized spacial score (nSPS) is 15.8. The SMILES string of the molecule is O=C(C[C@@H]1C(=O)N(c2ccc(F)cc2)C(=O)N1Cc1ccc(F)cc1)Nc1ccc(Cl)cc1. The molecule has 9 heteroatoms. The Kier molecular flexibility index (Phi) is 6.37. The monoisotopic (exact) mass is 469 g/mol. The summed E-state index contributed by atoms with van der Waals surface area (Å²) < 4.78 is 26.7. The lowest BCUT2D eigenvalue weighted by atomic mass is 10.1. The van der Waals surface area contributed by atoms with Gasteiger partial charge in [0.25, 0.3) is 5.91 Å². The van der Waals surface area contributed by atoms with Crippen LogP contribution in [0.3, 0.4) is 0 Å². The minimum atomic E-state index is -1.10. The quantitative estimate of drug-likeness (QED) is 0.517. The van der Waals surface area contributed by atoms with Gasteiger partial charge in [-0.25, -0.2) is 18.5 Å². The molecule has 1 aliphatic heterocycles. The Morgan fingerprint density at radius 1 is 0.879 bits per heavy atom. The Morgan fingerprint density at radius 2 is 1.45 bits per heavy atom. The number of carbonyl (C=O) groups excluding carboxylic acids is 3. The highest BCUT2D eigenvalue weighted by atomic mass is 35.5. The highest BCUT2D eigenvalue weighted by Gasteiger charge is 2.46. The van der Waals surface area contributed by atoms with Gasteiger partial charge in [0.2, 0.25) is 5.91 Å². The van der Waals surface area contributed by atoms with Crippen LogP contribution in [0.25, 0.3) is 0 Å². The number of carbonyl (C=O) groups is 3. The van der Waals surface area contributed by atoms with Crippen molar-refractivity contribution in [3.05, 3.63) is 95.0 Å². The molecule has 0 spiro atoms. The van der Waals surface area contributed by atoms with Crippen molar-refractivity contribution < 1.29 is 23.2 Å². The highest BCUT2D eigenvalue weighted by molar-refractivity contribution is 6.30. The maximum absolute atomic E-state index is 13.4. The van der Waals surface area contributed by atoms with Gasteiger partial charge < -0.3 is 10.2 Å². The maximum atomic E-state index is 13.4. The molecule has 4 amide bonds. The molecule has 0 bridgehead atoms. The van der Waals surface area contributed by atoms with E-state index < -0.39 is 35.5 Å². The number of anilines is 2. The van der Waals surface area contributed by atoms with Gasteiger partial charge in [0, 0.05) is 17.3 Å². The van der Waals surface area contributed by atoms with Crippen molar-refractivity contribution in [1.82, 2.24) is 4.90 Å². The van der Waals surface area contributed by atoms with Gasteiger partial charge in [0.05, 0.1) is 12.1 Å². The van der Waals surface area contributed by atoms with E-state index >= 15 is 0 Å². The summed E-state index contributed by atoms with van der Waals surface area (Å²) in [7, 11) is 0. The first-order valence-electron chi connectivity index (χ1n) is 10.0. The third-order valence-corrected chi connectivity index (χ3v) is 5.43. The molecule has 0 saturated carbocycles. The van der Waals surface area contributed by atoms with Crippen LogP contribution in [0.2, 0.25) is 5.02 Å². The molecule has 6 nitrogen and oxygen atoms in total. The predicted octanol–water partition coefficient (Wildman–Crippen LogP) is 4.98. The Bertz CT molecular complexity index is 1190. The molecule has 1 aliphatic rings. The van der Waals surface area contributed by atoms with E-state index in [-0.39, 0.29) is 18.7 Å². The van der Waals surface area contributed by atoms with Crippen molar-refractivity contribution in [2.75, 3.05) is 10.2 Å². The van der Waals surface area contributed by atoms with Gasteiger partial charge in [-0.05, 0) is 66.2 Å². The van der Waals surface area contributed by atoms with E-state index in [1.54, 1.807) is 24.3 Å². The van der Waals surface area contributed by atoms with E-state index in [0.29, 0.717) is 16.3 Å². The number of rotatable bonds is 6. The number of imide groups is 1. The zero-order valence-electron chi connectivity index (χ0n) is 17.2. The van der Waals surface area contributed by atoms with Gasteiger partial charge in [-0.15, -0.1) is 0 Å². The minimum absolute atomic E-state index is 0.0125. The van der Waals surface area contributed by atoms with E-state index in [1.807, 2.05) is 0 Å². The van der Waals surface area contributed by atoms with Crippen molar-refractivity contribution in [1.29, 1.82) is 0 Å². The van der Waals surface area contributed by atoms with Crippen LogP contribution < -0.4 is 10.2 Å². The van der Waals surface area contributed by atoms with Gasteiger partial charge in [0.15, 0.2) is 0 Å². The number of amides is 4. The third kappa shape index (κ3) is 5.01. The summed E-state index contributed by atoms with van der Waals surface area (Å²) in [6.07, 6.45) is -0.300. The summed E-state index contributed by atoms with van der Waals surface area (Å²) in [4.78, 5) is 41.2. The van der Waals surface area contributed by atoms with Crippen LogP contribution in [0, 0.1) is 11.6 Å². The number of halogens is 3. The molecule has 3 aromatic rings. The molecular weight excluding hydrogens is 452 g/mol. The second-order valence-corrected chi connectivity index (χ2v) is 7.90. The van der Waals surface area contributed by atoms with Crippen LogP contribution in [-0.2, 0) is 16.1 Å². The molecule has 1 heterocycles. The van der Waals surface area contributed by atoms with E-state index in [2.05, 4.69) is 5.32 Å². The van der Waals surface area contributed by atoms with Crippen LogP contribution in [0.15, 0.2) is 72.8 Å². The molecule has 0 aliphatic carbocycles. The molecule has 1 N–H and O–H groups in total. The topological polar surface area (TPSA) is 69.7 Å². The number of nitrogens with zero attached hydrogens (tertiary/aromatic N) is 2. The van der Waals surface area contributed by atoms with Crippen molar-refractivity contribution in [3.8, 4) is 0 Å².